The number of ether oxygens (including phenoxy) is 1. The van der Waals surface area contributed by atoms with E-state index in [-0.39, 0.29) is 11.9 Å². The summed E-state index contributed by atoms with van der Waals surface area (Å²) in [6, 6.07) is 4.33. The topological polar surface area (TPSA) is 21.3 Å². The molecule has 17 heavy (non-hydrogen) atoms. The standard InChI is InChI=1S/C13H17ClFNO/c1-2-13(9-3-4-16-8-9)17-12-6-10(14)5-11(15)7-12/h5-7,9,13,16H,2-4,8H2,1H3/t9-,13+/m0/s1. The van der Waals surface area contributed by atoms with E-state index in [1.54, 1.807) is 6.07 Å². The first-order valence-electron chi connectivity index (χ1n) is 6.02. The van der Waals surface area contributed by atoms with Gasteiger partial charge in [-0.15, -0.1) is 0 Å². The fourth-order valence-corrected chi connectivity index (χ4v) is 2.49. The van der Waals surface area contributed by atoms with Gasteiger partial charge in [-0.25, -0.2) is 4.39 Å². The fourth-order valence-electron chi connectivity index (χ4n) is 2.28. The smallest absolute Gasteiger partial charge is 0.128 e. The van der Waals surface area contributed by atoms with Crippen LogP contribution >= 0.6 is 11.6 Å². The van der Waals surface area contributed by atoms with Crippen molar-refractivity contribution in [2.24, 2.45) is 5.92 Å². The molecule has 1 aliphatic heterocycles. The number of benzene rings is 1. The maximum atomic E-state index is 13.2. The van der Waals surface area contributed by atoms with Crippen LogP contribution in [0.1, 0.15) is 19.8 Å². The fraction of sp³-hybridized carbons (Fsp3) is 0.538. The molecule has 0 radical (unpaired) electrons. The van der Waals surface area contributed by atoms with E-state index in [4.69, 9.17) is 16.3 Å². The highest BCUT2D eigenvalue weighted by atomic mass is 35.5. The molecule has 1 N–H and O–H groups in total. The van der Waals surface area contributed by atoms with Crippen LogP contribution in [0, 0.1) is 11.7 Å². The number of halogens is 2. The molecule has 1 saturated heterocycles. The van der Waals surface area contributed by atoms with Gasteiger partial charge in [0.2, 0.25) is 0 Å². The Labute approximate surface area is 106 Å². The summed E-state index contributed by atoms with van der Waals surface area (Å²) in [6.07, 6.45) is 2.16. The summed E-state index contributed by atoms with van der Waals surface area (Å²) in [4.78, 5) is 0. The maximum Gasteiger partial charge on any atom is 0.128 e. The van der Waals surface area contributed by atoms with Crippen LogP contribution in [0.4, 0.5) is 4.39 Å². The molecule has 1 aliphatic rings. The van der Waals surface area contributed by atoms with Crippen molar-refractivity contribution in [2.75, 3.05) is 13.1 Å². The van der Waals surface area contributed by atoms with Gasteiger partial charge >= 0.3 is 0 Å². The van der Waals surface area contributed by atoms with Crippen LogP contribution in [0.25, 0.3) is 0 Å². The minimum absolute atomic E-state index is 0.128. The third-order valence-electron chi connectivity index (χ3n) is 3.15. The average molecular weight is 258 g/mol. The Balaban J connectivity index is 2.06. The molecular formula is C13H17ClFNO. The Hall–Kier alpha value is -0.800. The minimum atomic E-state index is -0.355. The predicted octanol–water partition coefficient (Wildman–Crippen LogP) is 3.25. The van der Waals surface area contributed by atoms with Gasteiger partial charge in [0.05, 0.1) is 0 Å². The summed E-state index contributed by atoms with van der Waals surface area (Å²) in [5.74, 6) is 0.669. The highest BCUT2D eigenvalue weighted by molar-refractivity contribution is 6.30. The third-order valence-corrected chi connectivity index (χ3v) is 3.37. The Morgan fingerprint density at radius 3 is 2.94 bits per heavy atom. The zero-order valence-corrected chi connectivity index (χ0v) is 10.6. The van der Waals surface area contributed by atoms with Crippen molar-refractivity contribution in [3.63, 3.8) is 0 Å². The Kier molecular flexibility index (Phi) is 4.24. The SMILES string of the molecule is CC[C@@H](Oc1cc(F)cc(Cl)c1)[C@H]1CCNC1. The lowest BCUT2D eigenvalue weighted by Gasteiger charge is -2.23. The Bertz CT molecular complexity index is 359. The zero-order chi connectivity index (χ0) is 12.3. The monoisotopic (exact) mass is 257 g/mol. The summed E-state index contributed by atoms with van der Waals surface area (Å²) >= 11 is 5.80. The number of rotatable bonds is 4. The molecule has 1 heterocycles. The lowest BCUT2D eigenvalue weighted by atomic mass is 9.99. The molecule has 2 rings (SSSR count). The largest absolute Gasteiger partial charge is 0.490 e. The van der Waals surface area contributed by atoms with Crippen molar-refractivity contribution in [3.05, 3.63) is 29.0 Å². The molecule has 0 amide bonds. The molecule has 0 bridgehead atoms. The van der Waals surface area contributed by atoms with Gasteiger partial charge in [0.15, 0.2) is 0 Å². The highest BCUT2D eigenvalue weighted by Crippen LogP contribution is 2.25. The predicted molar refractivity (Wildman–Crippen MR) is 67.1 cm³/mol. The van der Waals surface area contributed by atoms with Gasteiger partial charge in [0, 0.05) is 23.6 Å². The number of nitrogens with one attached hydrogen (secondary N) is 1. The van der Waals surface area contributed by atoms with Crippen LogP contribution in [0.3, 0.4) is 0 Å². The summed E-state index contributed by atoms with van der Waals surface area (Å²) in [5, 5.41) is 3.69. The van der Waals surface area contributed by atoms with E-state index in [9.17, 15) is 4.39 Å². The molecule has 2 atom stereocenters. The van der Waals surface area contributed by atoms with Gasteiger partial charge in [0.25, 0.3) is 0 Å². The second-order valence-electron chi connectivity index (χ2n) is 4.42. The molecule has 0 spiro atoms. The molecule has 2 nitrogen and oxygen atoms in total. The van der Waals surface area contributed by atoms with Crippen LogP contribution in [-0.2, 0) is 0 Å². The Morgan fingerprint density at radius 1 is 1.53 bits per heavy atom. The summed E-state index contributed by atoms with van der Waals surface area (Å²) in [7, 11) is 0. The maximum absolute atomic E-state index is 13.2. The van der Waals surface area contributed by atoms with Gasteiger partial charge in [0.1, 0.15) is 17.7 Å². The zero-order valence-electron chi connectivity index (χ0n) is 9.88. The van der Waals surface area contributed by atoms with Crippen molar-refractivity contribution in [2.45, 2.75) is 25.9 Å². The van der Waals surface area contributed by atoms with Gasteiger partial charge < -0.3 is 10.1 Å². The molecule has 0 aliphatic carbocycles. The average Bonchev–Trinajstić information content (AvgIpc) is 2.77. The van der Waals surface area contributed by atoms with E-state index < -0.39 is 0 Å². The van der Waals surface area contributed by atoms with Crippen LogP contribution in [0.15, 0.2) is 18.2 Å². The lowest BCUT2D eigenvalue weighted by Crippen LogP contribution is -2.28. The van der Waals surface area contributed by atoms with Gasteiger partial charge in [-0.05, 0) is 31.5 Å². The molecule has 1 fully saturated rings. The molecule has 1 aromatic carbocycles. The first-order chi connectivity index (χ1) is 8.19. The minimum Gasteiger partial charge on any atom is -0.490 e. The quantitative estimate of drug-likeness (QED) is 0.894. The van der Waals surface area contributed by atoms with E-state index >= 15 is 0 Å². The van der Waals surface area contributed by atoms with Crippen molar-refractivity contribution in [1.82, 2.24) is 5.32 Å². The van der Waals surface area contributed by atoms with Crippen LogP contribution in [-0.4, -0.2) is 19.2 Å². The van der Waals surface area contributed by atoms with Gasteiger partial charge in [-0.3, -0.25) is 0 Å². The van der Waals surface area contributed by atoms with Crippen LogP contribution < -0.4 is 10.1 Å². The highest BCUT2D eigenvalue weighted by Gasteiger charge is 2.25. The van der Waals surface area contributed by atoms with Crippen molar-refractivity contribution in [1.29, 1.82) is 0 Å². The van der Waals surface area contributed by atoms with Crippen LogP contribution in [0.5, 0.6) is 5.75 Å². The van der Waals surface area contributed by atoms with E-state index in [1.807, 2.05) is 0 Å². The second-order valence-corrected chi connectivity index (χ2v) is 4.86. The first kappa shape index (κ1) is 12.7. The van der Waals surface area contributed by atoms with E-state index in [0.29, 0.717) is 16.7 Å². The molecule has 94 valence electrons. The van der Waals surface area contributed by atoms with Gasteiger partial charge in [-0.1, -0.05) is 18.5 Å². The van der Waals surface area contributed by atoms with Crippen molar-refractivity contribution in [3.8, 4) is 5.75 Å². The lowest BCUT2D eigenvalue weighted by molar-refractivity contribution is 0.138. The number of hydrogen-bond acceptors (Lipinski definition) is 2. The van der Waals surface area contributed by atoms with E-state index in [0.717, 1.165) is 25.9 Å². The first-order valence-corrected chi connectivity index (χ1v) is 6.40. The molecular weight excluding hydrogens is 241 g/mol. The summed E-state index contributed by atoms with van der Waals surface area (Å²) in [6.45, 7) is 4.10. The van der Waals surface area contributed by atoms with E-state index in [1.165, 1.54) is 12.1 Å². The summed E-state index contributed by atoms with van der Waals surface area (Å²) in [5.41, 5.74) is 0. The summed E-state index contributed by atoms with van der Waals surface area (Å²) < 4.78 is 19.0. The molecule has 0 unspecified atom stereocenters. The number of hydrogen-bond donors (Lipinski definition) is 1. The van der Waals surface area contributed by atoms with Crippen molar-refractivity contribution >= 4 is 11.6 Å². The third kappa shape index (κ3) is 3.33. The van der Waals surface area contributed by atoms with Gasteiger partial charge in [-0.2, -0.15) is 0 Å². The normalized spacial score (nSPS) is 21.5. The molecule has 4 heteroatoms. The van der Waals surface area contributed by atoms with Crippen LogP contribution in [0.2, 0.25) is 5.02 Å². The van der Waals surface area contributed by atoms with E-state index in [2.05, 4.69) is 12.2 Å². The Morgan fingerprint density at radius 2 is 2.35 bits per heavy atom. The molecule has 1 aromatic rings. The second kappa shape index (κ2) is 5.69. The van der Waals surface area contributed by atoms with Crippen molar-refractivity contribution < 1.29 is 9.13 Å². The molecule has 0 saturated carbocycles. The molecule has 0 aromatic heterocycles.